The molecule has 8 heteroatoms. The molecule has 3 aromatic rings. The van der Waals surface area contributed by atoms with Crippen LogP contribution in [0.2, 0.25) is 0 Å². The summed E-state index contributed by atoms with van der Waals surface area (Å²) in [5, 5.41) is 24.3. The highest BCUT2D eigenvalue weighted by Crippen LogP contribution is 2.68. The molecule has 5 rings (SSSR count). The fraction of sp³-hybridized carbons (Fsp3) is 0.379. The molecule has 1 heterocycles. The van der Waals surface area contributed by atoms with Gasteiger partial charge in [-0.3, -0.25) is 0 Å². The Hall–Kier alpha value is -3.30. The van der Waals surface area contributed by atoms with Crippen molar-refractivity contribution in [3.63, 3.8) is 0 Å². The molecule has 2 aliphatic rings. The van der Waals surface area contributed by atoms with Crippen molar-refractivity contribution in [2.45, 2.75) is 42.1 Å². The molecule has 0 bridgehead atoms. The molecule has 1 fully saturated rings. The third-order valence-corrected chi connectivity index (χ3v) is 7.64. The number of hydrogen-bond acceptors (Lipinski definition) is 8. The highest BCUT2D eigenvalue weighted by Gasteiger charge is 2.76. The first-order chi connectivity index (χ1) is 17.9. The lowest BCUT2D eigenvalue weighted by atomic mass is 9.71. The Labute approximate surface area is 216 Å². The van der Waals surface area contributed by atoms with Gasteiger partial charge >= 0.3 is 0 Å². The Kier molecular flexibility index (Phi) is 6.76. The first-order valence-corrected chi connectivity index (χ1v) is 12.5. The standard InChI is InChI=1S/C29H34N2O6/c1-34-20-12-10-19(11-13-20)29-24(18-8-4-3-5-9-18)26(31)27(32)28(29,33)25-22(35-2)16-21(17-23(25)37-29)36-15-7-6-14-30/h3-5,8-13,16-17,24,26-27,32-33H,6-7,14-15,30-31H2,1-2H3. The van der Waals surface area contributed by atoms with E-state index in [0.717, 1.165) is 18.4 Å². The largest absolute Gasteiger partial charge is 0.497 e. The molecule has 8 nitrogen and oxygen atoms in total. The Morgan fingerprint density at radius 1 is 0.946 bits per heavy atom. The van der Waals surface area contributed by atoms with Crippen molar-refractivity contribution in [2.75, 3.05) is 27.4 Å². The molecular weight excluding hydrogens is 472 g/mol. The maximum Gasteiger partial charge on any atom is 0.178 e. The minimum Gasteiger partial charge on any atom is -0.497 e. The molecule has 196 valence electrons. The summed E-state index contributed by atoms with van der Waals surface area (Å²) in [6.07, 6.45) is 0.299. The normalized spacial score (nSPS) is 27.8. The van der Waals surface area contributed by atoms with Crippen molar-refractivity contribution in [3.05, 3.63) is 83.4 Å². The lowest BCUT2D eigenvalue weighted by Crippen LogP contribution is -2.52. The monoisotopic (exact) mass is 506 g/mol. The number of methoxy groups -OCH3 is 2. The van der Waals surface area contributed by atoms with E-state index in [1.165, 1.54) is 7.11 Å². The zero-order valence-electron chi connectivity index (χ0n) is 21.1. The van der Waals surface area contributed by atoms with Gasteiger partial charge in [0.25, 0.3) is 0 Å². The van der Waals surface area contributed by atoms with Crippen LogP contribution >= 0.6 is 0 Å². The molecule has 6 N–H and O–H groups in total. The van der Waals surface area contributed by atoms with Crippen LogP contribution in [0.15, 0.2) is 66.7 Å². The smallest absolute Gasteiger partial charge is 0.178 e. The van der Waals surface area contributed by atoms with Crippen LogP contribution in [0.25, 0.3) is 0 Å². The van der Waals surface area contributed by atoms with Crippen LogP contribution in [-0.2, 0) is 11.2 Å². The SMILES string of the molecule is COc1ccc(C23Oc4cc(OCCCCN)cc(OC)c4C2(O)C(O)C(N)C3c2ccccc2)cc1. The number of aliphatic hydroxyl groups excluding tert-OH is 1. The second kappa shape index (κ2) is 9.87. The topological polar surface area (TPSA) is 129 Å². The van der Waals surface area contributed by atoms with Gasteiger partial charge in [0.15, 0.2) is 11.2 Å². The molecule has 3 aromatic carbocycles. The van der Waals surface area contributed by atoms with Gasteiger partial charge in [-0.1, -0.05) is 42.5 Å². The van der Waals surface area contributed by atoms with Crippen LogP contribution in [0.3, 0.4) is 0 Å². The predicted octanol–water partition coefficient (Wildman–Crippen LogP) is 2.78. The third kappa shape index (κ3) is 3.75. The van der Waals surface area contributed by atoms with Gasteiger partial charge in [-0.05, 0) is 42.6 Å². The van der Waals surface area contributed by atoms with Gasteiger partial charge in [0.1, 0.15) is 29.1 Å². The molecule has 5 atom stereocenters. The van der Waals surface area contributed by atoms with E-state index in [0.29, 0.717) is 47.3 Å². The number of benzene rings is 3. The van der Waals surface area contributed by atoms with Gasteiger partial charge in [-0.25, -0.2) is 0 Å². The van der Waals surface area contributed by atoms with Crippen molar-refractivity contribution in [3.8, 4) is 23.0 Å². The van der Waals surface area contributed by atoms with Gasteiger partial charge in [-0.15, -0.1) is 0 Å². The molecule has 37 heavy (non-hydrogen) atoms. The third-order valence-electron chi connectivity index (χ3n) is 7.64. The van der Waals surface area contributed by atoms with E-state index in [2.05, 4.69) is 0 Å². The van der Waals surface area contributed by atoms with E-state index in [9.17, 15) is 10.2 Å². The van der Waals surface area contributed by atoms with Crippen molar-refractivity contribution in [1.29, 1.82) is 0 Å². The van der Waals surface area contributed by atoms with Crippen molar-refractivity contribution >= 4 is 0 Å². The Bertz CT molecular complexity index is 1240. The van der Waals surface area contributed by atoms with Crippen LogP contribution in [-0.4, -0.2) is 49.7 Å². The second-order valence-corrected chi connectivity index (χ2v) is 9.59. The minimum absolute atomic E-state index is 0.349. The van der Waals surface area contributed by atoms with Gasteiger partial charge in [-0.2, -0.15) is 0 Å². The molecule has 1 aliphatic carbocycles. The van der Waals surface area contributed by atoms with E-state index < -0.39 is 29.3 Å². The molecule has 1 saturated carbocycles. The van der Waals surface area contributed by atoms with Gasteiger partial charge in [0.05, 0.1) is 26.4 Å². The van der Waals surface area contributed by atoms with E-state index >= 15 is 0 Å². The summed E-state index contributed by atoms with van der Waals surface area (Å²) in [4.78, 5) is 0. The highest BCUT2D eigenvalue weighted by atomic mass is 16.5. The number of rotatable bonds is 9. The molecule has 0 amide bonds. The second-order valence-electron chi connectivity index (χ2n) is 9.59. The van der Waals surface area contributed by atoms with Crippen LogP contribution in [0.4, 0.5) is 0 Å². The summed E-state index contributed by atoms with van der Waals surface area (Å²) in [7, 11) is 3.11. The van der Waals surface area contributed by atoms with Crippen molar-refractivity contribution in [1.82, 2.24) is 0 Å². The first kappa shape index (κ1) is 25.4. The maximum atomic E-state index is 12.6. The molecule has 0 spiro atoms. The van der Waals surface area contributed by atoms with E-state index in [1.807, 2.05) is 42.5 Å². The average Bonchev–Trinajstić information content (AvgIpc) is 3.29. The zero-order chi connectivity index (χ0) is 26.2. The van der Waals surface area contributed by atoms with Crippen LogP contribution in [0, 0.1) is 0 Å². The highest BCUT2D eigenvalue weighted by molar-refractivity contribution is 5.63. The molecular formula is C29H34N2O6. The lowest BCUT2D eigenvalue weighted by Gasteiger charge is -2.40. The summed E-state index contributed by atoms with van der Waals surface area (Å²) in [5.74, 6) is 1.33. The number of aliphatic hydroxyl groups is 2. The van der Waals surface area contributed by atoms with Crippen LogP contribution in [0.1, 0.15) is 35.4 Å². The quantitative estimate of drug-likeness (QED) is 0.326. The molecule has 0 saturated heterocycles. The predicted molar refractivity (Wildman–Crippen MR) is 139 cm³/mol. The summed E-state index contributed by atoms with van der Waals surface area (Å²) in [6.45, 7) is 1.07. The fourth-order valence-electron chi connectivity index (χ4n) is 5.95. The Morgan fingerprint density at radius 2 is 1.68 bits per heavy atom. The molecule has 0 aromatic heterocycles. The minimum atomic E-state index is -1.92. The Balaban J connectivity index is 1.71. The number of nitrogens with two attached hydrogens (primary N) is 2. The number of unbranched alkanes of at least 4 members (excludes halogenated alkanes) is 1. The van der Waals surface area contributed by atoms with E-state index in [-0.39, 0.29) is 0 Å². The first-order valence-electron chi connectivity index (χ1n) is 12.5. The number of hydrogen-bond donors (Lipinski definition) is 4. The number of fused-ring (bicyclic) bond motifs is 3. The number of ether oxygens (including phenoxy) is 4. The van der Waals surface area contributed by atoms with Crippen molar-refractivity contribution < 1.29 is 29.2 Å². The van der Waals surface area contributed by atoms with Crippen LogP contribution in [0.5, 0.6) is 23.0 Å². The lowest BCUT2D eigenvalue weighted by molar-refractivity contribution is -0.150. The fourth-order valence-corrected chi connectivity index (χ4v) is 5.95. The van der Waals surface area contributed by atoms with E-state index in [1.54, 1.807) is 31.4 Å². The zero-order valence-corrected chi connectivity index (χ0v) is 21.1. The summed E-state index contributed by atoms with van der Waals surface area (Å²) < 4.78 is 23.8. The van der Waals surface area contributed by atoms with Crippen LogP contribution < -0.4 is 30.4 Å². The Morgan fingerprint density at radius 3 is 2.32 bits per heavy atom. The summed E-state index contributed by atoms with van der Waals surface area (Å²) in [5.41, 5.74) is 10.8. The molecule has 5 unspecified atom stereocenters. The molecule has 1 aliphatic heterocycles. The van der Waals surface area contributed by atoms with Gasteiger partial charge in [0.2, 0.25) is 0 Å². The summed E-state index contributed by atoms with van der Waals surface area (Å²) >= 11 is 0. The van der Waals surface area contributed by atoms with Gasteiger partial charge in [0, 0.05) is 24.1 Å². The van der Waals surface area contributed by atoms with E-state index in [4.69, 9.17) is 30.4 Å². The summed E-state index contributed by atoms with van der Waals surface area (Å²) in [6, 6.07) is 19.5. The maximum absolute atomic E-state index is 12.6. The van der Waals surface area contributed by atoms with Gasteiger partial charge < -0.3 is 40.6 Å². The molecule has 0 radical (unpaired) electrons. The average molecular weight is 507 g/mol. The van der Waals surface area contributed by atoms with Crippen molar-refractivity contribution in [2.24, 2.45) is 11.5 Å².